The average Bonchev–Trinajstić information content (AvgIpc) is 3.00. The minimum absolute atomic E-state index is 0.0887. The Morgan fingerprint density at radius 2 is 2.04 bits per heavy atom. The average molecular weight is 351 g/mol. The van der Waals surface area contributed by atoms with Gasteiger partial charge in [-0.2, -0.15) is 0 Å². The van der Waals surface area contributed by atoms with Gasteiger partial charge in [0.15, 0.2) is 0 Å². The summed E-state index contributed by atoms with van der Waals surface area (Å²) in [4.78, 5) is 23.7. The molecule has 24 heavy (non-hydrogen) atoms. The Morgan fingerprint density at radius 1 is 1.29 bits per heavy atom. The molecule has 128 valence electrons. The number of furan rings is 1. The quantitative estimate of drug-likeness (QED) is 0.721. The molecule has 0 radical (unpaired) electrons. The largest absolute Gasteiger partial charge is 0.469 e. The van der Waals surface area contributed by atoms with Crippen molar-refractivity contribution >= 4 is 29.1 Å². The Morgan fingerprint density at radius 3 is 2.67 bits per heavy atom. The summed E-state index contributed by atoms with van der Waals surface area (Å²) < 4.78 is 5.16. The molecule has 0 saturated heterocycles. The minimum Gasteiger partial charge on any atom is -0.469 e. The van der Waals surface area contributed by atoms with E-state index < -0.39 is 17.4 Å². The van der Waals surface area contributed by atoms with Crippen molar-refractivity contribution in [3.05, 3.63) is 52.9 Å². The lowest BCUT2D eigenvalue weighted by Crippen LogP contribution is -2.45. The molecule has 0 saturated carbocycles. The van der Waals surface area contributed by atoms with E-state index in [0.29, 0.717) is 16.5 Å². The number of rotatable bonds is 5. The van der Waals surface area contributed by atoms with Crippen LogP contribution in [0.4, 0.5) is 5.69 Å². The summed E-state index contributed by atoms with van der Waals surface area (Å²) in [5.74, 6) is -1.08. The number of amides is 2. The molecule has 2 aromatic rings. The van der Waals surface area contributed by atoms with Crippen LogP contribution in [0.15, 0.2) is 41.0 Å². The predicted molar refractivity (Wildman–Crippen MR) is 90.9 cm³/mol. The van der Waals surface area contributed by atoms with E-state index >= 15 is 0 Å². The maximum atomic E-state index is 11.9. The second kappa shape index (κ2) is 7.51. The molecule has 0 aliphatic heterocycles. The van der Waals surface area contributed by atoms with Crippen LogP contribution in [0.25, 0.3) is 0 Å². The zero-order chi connectivity index (χ0) is 17.7. The maximum absolute atomic E-state index is 11.9. The zero-order valence-corrected chi connectivity index (χ0v) is 14.2. The van der Waals surface area contributed by atoms with Gasteiger partial charge in [-0.25, -0.2) is 0 Å². The van der Waals surface area contributed by atoms with E-state index in [1.165, 1.54) is 6.26 Å². The fourth-order valence-electron chi connectivity index (χ4n) is 2.06. The molecule has 0 spiro atoms. The lowest BCUT2D eigenvalue weighted by Gasteiger charge is -2.22. The number of nitrogens with one attached hydrogen (secondary N) is 2. The molecule has 1 unspecified atom stereocenters. The second-order valence-electron chi connectivity index (χ2n) is 5.85. The zero-order valence-electron chi connectivity index (χ0n) is 13.4. The van der Waals surface area contributed by atoms with E-state index in [-0.39, 0.29) is 13.0 Å². The Balaban J connectivity index is 1.87. The number of aryl methyl sites for hydroxylation is 1. The van der Waals surface area contributed by atoms with Gasteiger partial charge < -0.3 is 20.2 Å². The number of hydrogen-bond donors (Lipinski definition) is 3. The summed E-state index contributed by atoms with van der Waals surface area (Å²) in [6, 6.07) is 8.40. The Kier molecular flexibility index (Phi) is 5.64. The molecule has 2 amide bonds. The first-order valence-corrected chi connectivity index (χ1v) is 7.75. The van der Waals surface area contributed by atoms with Crippen molar-refractivity contribution < 1.29 is 19.1 Å². The molecule has 1 aromatic heterocycles. The first-order chi connectivity index (χ1) is 11.3. The summed E-state index contributed by atoms with van der Waals surface area (Å²) in [7, 11) is 0. The third-order valence-corrected chi connectivity index (χ3v) is 3.81. The number of anilines is 1. The standard InChI is InChI=1S/C17H19ClN2O4/c1-11-5-6-12(8-14(11)18)20-16(22)15(21)19-10-17(2,23)9-13-4-3-7-24-13/h3-8,23H,9-10H2,1-2H3,(H,19,21)(H,20,22). The van der Waals surface area contributed by atoms with E-state index in [0.717, 1.165) is 5.56 Å². The van der Waals surface area contributed by atoms with Crippen LogP contribution in [-0.4, -0.2) is 29.1 Å². The molecule has 3 N–H and O–H groups in total. The summed E-state index contributed by atoms with van der Waals surface area (Å²) in [6.07, 6.45) is 1.72. The lowest BCUT2D eigenvalue weighted by molar-refractivity contribution is -0.136. The molecule has 2 rings (SSSR count). The highest BCUT2D eigenvalue weighted by Crippen LogP contribution is 2.19. The van der Waals surface area contributed by atoms with Crippen molar-refractivity contribution in [2.75, 3.05) is 11.9 Å². The first-order valence-electron chi connectivity index (χ1n) is 7.37. The molecule has 0 bridgehead atoms. The van der Waals surface area contributed by atoms with Gasteiger partial charge in [-0.3, -0.25) is 9.59 Å². The van der Waals surface area contributed by atoms with Gasteiger partial charge in [0.05, 0.1) is 11.9 Å². The fourth-order valence-corrected chi connectivity index (χ4v) is 2.24. The summed E-state index contributed by atoms with van der Waals surface area (Å²) in [6.45, 7) is 3.30. The highest BCUT2D eigenvalue weighted by Gasteiger charge is 2.25. The number of halogens is 1. The molecule has 7 heteroatoms. The summed E-state index contributed by atoms with van der Waals surface area (Å²) >= 11 is 5.97. The van der Waals surface area contributed by atoms with Gasteiger partial charge in [0.25, 0.3) is 0 Å². The Bertz CT molecular complexity index is 726. The number of carbonyl (C=O) groups excluding carboxylic acids is 2. The molecule has 0 fully saturated rings. The highest BCUT2D eigenvalue weighted by molar-refractivity contribution is 6.39. The molecule has 0 aliphatic carbocycles. The van der Waals surface area contributed by atoms with Crippen LogP contribution in [-0.2, 0) is 16.0 Å². The number of aliphatic hydroxyl groups is 1. The molecular formula is C17H19ClN2O4. The lowest BCUT2D eigenvalue weighted by atomic mass is 10.0. The van der Waals surface area contributed by atoms with Crippen molar-refractivity contribution in [1.82, 2.24) is 5.32 Å². The van der Waals surface area contributed by atoms with Crippen molar-refractivity contribution in [1.29, 1.82) is 0 Å². The van der Waals surface area contributed by atoms with E-state index in [1.54, 1.807) is 37.3 Å². The van der Waals surface area contributed by atoms with Crippen LogP contribution in [0.5, 0.6) is 0 Å². The van der Waals surface area contributed by atoms with Crippen molar-refractivity contribution in [3.8, 4) is 0 Å². The normalized spacial score (nSPS) is 13.2. The predicted octanol–water partition coefficient (Wildman–Crippen LogP) is 2.29. The van der Waals surface area contributed by atoms with Crippen molar-refractivity contribution in [2.45, 2.75) is 25.9 Å². The first kappa shape index (κ1) is 18.0. The third kappa shape index (κ3) is 5.11. The van der Waals surface area contributed by atoms with Crippen LogP contribution < -0.4 is 10.6 Å². The van der Waals surface area contributed by atoms with Gasteiger partial charge in [-0.1, -0.05) is 17.7 Å². The molecule has 1 heterocycles. The topological polar surface area (TPSA) is 91.6 Å². The van der Waals surface area contributed by atoms with Gasteiger partial charge in [-0.15, -0.1) is 0 Å². The fraction of sp³-hybridized carbons (Fsp3) is 0.294. The Labute approximate surface area is 144 Å². The molecular weight excluding hydrogens is 332 g/mol. The number of benzene rings is 1. The van der Waals surface area contributed by atoms with Crippen LogP contribution in [0.2, 0.25) is 5.02 Å². The molecule has 6 nitrogen and oxygen atoms in total. The van der Waals surface area contributed by atoms with E-state index in [2.05, 4.69) is 10.6 Å². The number of hydrogen-bond acceptors (Lipinski definition) is 4. The SMILES string of the molecule is Cc1ccc(NC(=O)C(=O)NCC(C)(O)Cc2ccco2)cc1Cl. The summed E-state index contributed by atoms with van der Waals surface area (Å²) in [5.41, 5.74) is 0.0576. The van der Waals surface area contributed by atoms with Crippen molar-refractivity contribution in [3.63, 3.8) is 0 Å². The number of carbonyl (C=O) groups is 2. The monoisotopic (exact) mass is 350 g/mol. The van der Waals surface area contributed by atoms with Gasteiger partial charge >= 0.3 is 11.8 Å². The van der Waals surface area contributed by atoms with Gasteiger partial charge in [0, 0.05) is 23.7 Å². The van der Waals surface area contributed by atoms with Gasteiger partial charge in [0.1, 0.15) is 5.76 Å². The Hall–Kier alpha value is -2.31. The van der Waals surface area contributed by atoms with Crippen LogP contribution >= 0.6 is 11.6 Å². The van der Waals surface area contributed by atoms with Crippen LogP contribution in [0.1, 0.15) is 18.2 Å². The van der Waals surface area contributed by atoms with Crippen molar-refractivity contribution in [2.24, 2.45) is 0 Å². The maximum Gasteiger partial charge on any atom is 0.313 e. The van der Waals surface area contributed by atoms with Crippen LogP contribution in [0, 0.1) is 6.92 Å². The molecule has 1 aromatic carbocycles. The minimum atomic E-state index is -1.24. The van der Waals surface area contributed by atoms with E-state index in [9.17, 15) is 14.7 Å². The van der Waals surface area contributed by atoms with E-state index in [4.69, 9.17) is 16.0 Å². The smallest absolute Gasteiger partial charge is 0.313 e. The van der Waals surface area contributed by atoms with Gasteiger partial charge in [0.2, 0.25) is 0 Å². The molecule has 0 aliphatic rings. The second-order valence-corrected chi connectivity index (χ2v) is 6.26. The third-order valence-electron chi connectivity index (χ3n) is 3.40. The van der Waals surface area contributed by atoms with Crippen LogP contribution in [0.3, 0.4) is 0 Å². The molecule has 1 atom stereocenters. The highest BCUT2D eigenvalue weighted by atomic mass is 35.5. The van der Waals surface area contributed by atoms with E-state index in [1.807, 2.05) is 6.92 Å². The summed E-state index contributed by atoms with van der Waals surface area (Å²) in [5, 5.41) is 15.6. The van der Waals surface area contributed by atoms with Gasteiger partial charge in [-0.05, 0) is 43.7 Å².